The zero-order valence-corrected chi connectivity index (χ0v) is 12.4. The summed E-state index contributed by atoms with van der Waals surface area (Å²) in [5, 5.41) is 11.4. The van der Waals surface area contributed by atoms with Gasteiger partial charge in [0.25, 0.3) is 5.91 Å². The number of carbonyl (C=O) groups is 1. The third-order valence-electron chi connectivity index (χ3n) is 3.18. The number of halogens is 3. The number of nitro groups is 1. The molecule has 0 saturated carbocycles. The minimum Gasteiger partial charge on any atom is -0.285 e. The van der Waals surface area contributed by atoms with Crippen molar-refractivity contribution >= 4 is 34.8 Å². The first-order valence-electron chi connectivity index (χ1n) is 6.29. The molecule has 1 fully saturated rings. The minimum atomic E-state index is -1.06. The van der Waals surface area contributed by atoms with E-state index in [1.807, 2.05) is 0 Å². The molecule has 1 aromatic carbocycles. The lowest BCUT2D eigenvalue weighted by Gasteiger charge is -2.26. The van der Waals surface area contributed by atoms with E-state index in [1.54, 1.807) is 5.01 Å². The van der Waals surface area contributed by atoms with E-state index in [-0.39, 0.29) is 5.56 Å². The Morgan fingerprint density at radius 2 is 1.90 bits per heavy atom. The summed E-state index contributed by atoms with van der Waals surface area (Å²) < 4.78 is 13.6. The van der Waals surface area contributed by atoms with E-state index in [9.17, 15) is 19.3 Å². The van der Waals surface area contributed by atoms with Crippen LogP contribution in [0.2, 0.25) is 10.0 Å². The smallest absolute Gasteiger partial charge is 0.285 e. The summed E-state index contributed by atoms with van der Waals surface area (Å²) in [5.41, 5.74) is 1.45. The van der Waals surface area contributed by atoms with Gasteiger partial charge in [0.15, 0.2) is 5.02 Å². The van der Waals surface area contributed by atoms with Crippen LogP contribution >= 0.6 is 23.2 Å². The zero-order chi connectivity index (χ0) is 15.6. The van der Waals surface area contributed by atoms with Gasteiger partial charge in [-0.25, -0.2) is 9.40 Å². The Labute approximate surface area is 129 Å². The molecule has 21 heavy (non-hydrogen) atoms. The van der Waals surface area contributed by atoms with Gasteiger partial charge in [-0.2, -0.15) is 0 Å². The van der Waals surface area contributed by atoms with Gasteiger partial charge in [0.05, 0.1) is 10.5 Å². The third-order valence-corrected chi connectivity index (χ3v) is 3.92. The van der Waals surface area contributed by atoms with Crippen LogP contribution in [-0.4, -0.2) is 28.9 Å². The number of hydrazine groups is 1. The van der Waals surface area contributed by atoms with E-state index >= 15 is 0 Å². The van der Waals surface area contributed by atoms with Crippen molar-refractivity contribution < 1.29 is 14.1 Å². The Kier molecular flexibility index (Phi) is 4.97. The summed E-state index contributed by atoms with van der Waals surface area (Å²) in [4.78, 5) is 22.1. The number of nitrogens with one attached hydrogen (secondary N) is 1. The van der Waals surface area contributed by atoms with Gasteiger partial charge in [-0.05, 0) is 18.9 Å². The maximum atomic E-state index is 13.6. The predicted octanol–water partition coefficient (Wildman–Crippen LogP) is 3.17. The largest absolute Gasteiger partial charge is 0.310 e. The van der Waals surface area contributed by atoms with Gasteiger partial charge in [-0.15, -0.1) is 0 Å². The topological polar surface area (TPSA) is 75.5 Å². The highest BCUT2D eigenvalue weighted by Crippen LogP contribution is 2.37. The second-order valence-electron chi connectivity index (χ2n) is 4.63. The molecule has 0 unspecified atom stereocenters. The van der Waals surface area contributed by atoms with Crippen LogP contribution in [0.3, 0.4) is 0 Å². The summed E-state index contributed by atoms with van der Waals surface area (Å²) in [5.74, 6) is -1.75. The molecular weight excluding hydrogens is 324 g/mol. The Morgan fingerprint density at radius 1 is 1.29 bits per heavy atom. The van der Waals surface area contributed by atoms with Crippen molar-refractivity contribution in [2.24, 2.45) is 0 Å². The number of amides is 1. The van der Waals surface area contributed by atoms with Crippen LogP contribution < -0.4 is 5.43 Å². The fraction of sp³-hybridized carbons (Fsp3) is 0.417. The second-order valence-corrected chi connectivity index (χ2v) is 5.38. The standard InChI is InChI=1S/C12H12Cl2FN3O3/c13-9-7(6-8(15)10(14)11(9)18(20)21)12(19)16-17-4-2-1-3-5-17/h6H,1-5H2,(H,16,19). The molecular formula is C12H12Cl2FN3O3. The molecule has 6 nitrogen and oxygen atoms in total. The molecule has 0 aromatic heterocycles. The lowest BCUT2D eigenvalue weighted by molar-refractivity contribution is -0.384. The summed E-state index contributed by atoms with van der Waals surface area (Å²) in [7, 11) is 0. The Bertz CT molecular complexity index is 592. The maximum Gasteiger partial charge on any atom is 0.310 e. The highest BCUT2D eigenvalue weighted by Gasteiger charge is 2.28. The Balaban J connectivity index is 2.30. The number of hydrogen-bond donors (Lipinski definition) is 1. The number of nitro benzene ring substituents is 1. The fourth-order valence-corrected chi connectivity index (χ4v) is 2.70. The first-order valence-corrected chi connectivity index (χ1v) is 7.05. The van der Waals surface area contributed by atoms with Gasteiger partial charge in [-0.1, -0.05) is 29.6 Å². The number of benzene rings is 1. The zero-order valence-electron chi connectivity index (χ0n) is 10.9. The van der Waals surface area contributed by atoms with Crippen molar-refractivity contribution in [1.82, 2.24) is 10.4 Å². The van der Waals surface area contributed by atoms with Crippen molar-refractivity contribution in [3.63, 3.8) is 0 Å². The number of rotatable bonds is 3. The molecule has 114 valence electrons. The Morgan fingerprint density at radius 3 is 2.48 bits per heavy atom. The molecule has 0 atom stereocenters. The normalized spacial score (nSPS) is 15.8. The van der Waals surface area contributed by atoms with Crippen molar-refractivity contribution in [2.75, 3.05) is 13.1 Å². The molecule has 0 spiro atoms. The number of piperidine rings is 1. The number of carbonyl (C=O) groups excluding carboxylic acids is 1. The average Bonchev–Trinajstić information content (AvgIpc) is 2.43. The molecule has 9 heteroatoms. The summed E-state index contributed by atoms with van der Waals surface area (Å²) >= 11 is 11.3. The van der Waals surface area contributed by atoms with Gasteiger partial charge in [0.1, 0.15) is 10.8 Å². The highest BCUT2D eigenvalue weighted by molar-refractivity contribution is 6.40. The lowest BCUT2D eigenvalue weighted by atomic mass is 10.1. The van der Waals surface area contributed by atoms with E-state index in [1.165, 1.54) is 0 Å². The van der Waals surface area contributed by atoms with Crippen LogP contribution in [0.1, 0.15) is 29.6 Å². The summed E-state index contributed by atoms with van der Waals surface area (Å²) in [6.45, 7) is 1.34. The molecule has 1 aliphatic rings. The van der Waals surface area contributed by atoms with Crippen molar-refractivity contribution in [3.05, 3.63) is 37.6 Å². The van der Waals surface area contributed by atoms with Crippen LogP contribution in [0.4, 0.5) is 10.1 Å². The Hall–Kier alpha value is -1.44. The van der Waals surface area contributed by atoms with Crippen LogP contribution in [0, 0.1) is 15.9 Å². The molecule has 0 bridgehead atoms. The molecule has 0 aliphatic carbocycles. The van der Waals surface area contributed by atoms with Crippen molar-refractivity contribution in [3.8, 4) is 0 Å². The maximum absolute atomic E-state index is 13.6. The van der Waals surface area contributed by atoms with Crippen LogP contribution in [0.5, 0.6) is 0 Å². The second kappa shape index (κ2) is 6.55. The molecule has 1 heterocycles. The predicted molar refractivity (Wildman–Crippen MR) is 76.0 cm³/mol. The summed E-state index contributed by atoms with van der Waals surface area (Å²) in [6.07, 6.45) is 2.94. The molecule has 2 rings (SSSR count). The lowest BCUT2D eigenvalue weighted by Crippen LogP contribution is -2.45. The first-order chi connectivity index (χ1) is 9.91. The van der Waals surface area contributed by atoms with Gasteiger partial charge in [-0.3, -0.25) is 20.3 Å². The van der Waals surface area contributed by atoms with E-state index in [4.69, 9.17) is 23.2 Å². The van der Waals surface area contributed by atoms with E-state index in [2.05, 4.69) is 5.43 Å². The van der Waals surface area contributed by atoms with Gasteiger partial charge >= 0.3 is 5.69 Å². The molecule has 0 radical (unpaired) electrons. The quantitative estimate of drug-likeness (QED) is 0.523. The SMILES string of the molecule is O=C(NN1CCCCC1)c1cc(F)c(Cl)c([N+](=O)[O-])c1Cl. The monoisotopic (exact) mass is 335 g/mol. The highest BCUT2D eigenvalue weighted by atomic mass is 35.5. The molecule has 1 amide bonds. The average molecular weight is 336 g/mol. The van der Waals surface area contributed by atoms with Crippen molar-refractivity contribution in [2.45, 2.75) is 19.3 Å². The molecule has 1 aliphatic heterocycles. The van der Waals surface area contributed by atoms with Crippen LogP contribution in [-0.2, 0) is 0 Å². The number of nitrogens with zero attached hydrogens (tertiary/aromatic N) is 2. The molecule has 1 N–H and O–H groups in total. The van der Waals surface area contributed by atoms with E-state index in [0.29, 0.717) is 13.1 Å². The van der Waals surface area contributed by atoms with Gasteiger partial charge in [0, 0.05) is 13.1 Å². The van der Waals surface area contributed by atoms with Crippen LogP contribution in [0.15, 0.2) is 6.07 Å². The van der Waals surface area contributed by atoms with E-state index in [0.717, 1.165) is 25.3 Å². The van der Waals surface area contributed by atoms with E-state index < -0.39 is 32.4 Å². The minimum absolute atomic E-state index is 0.309. The fourth-order valence-electron chi connectivity index (χ4n) is 2.13. The van der Waals surface area contributed by atoms with Crippen molar-refractivity contribution in [1.29, 1.82) is 0 Å². The summed E-state index contributed by atoms with van der Waals surface area (Å²) in [6, 6.07) is 0.803. The van der Waals surface area contributed by atoms with Gasteiger partial charge < -0.3 is 0 Å². The molecule has 1 saturated heterocycles. The number of hydrogen-bond acceptors (Lipinski definition) is 4. The van der Waals surface area contributed by atoms with Crippen LogP contribution in [0.25, 0.3) is 0 Å². The van der Waals surface area contributed by atoms with Gasteiger partial charge in [0.2, 0.25) is 0 Å². The molecule has 1 aromatic rings. The first kappa shape index (κ1) is 15.9. The third kappa shape index (κ3) is 3.42.